The lowest BCUT2D eigenvalue weighted by atomic mass is 9.89. The van der Waals surface area contributed by atoms with E-state index in [1.807, 2.05) is 18.2 Å². The molecule has 1 aliphatic carbocycles. The number of thiocarbonyl (C=S) groups is 1. The number of aryl methyl sites for hydroxylation is 1. The van der Waals surface area contributed by atoms with Crippen molar-refractivity contribution in [2.24, 2.45) is 0 Å². The van der Waals surface area contributed by atoms with Crippen molar-refractivity contribution in [3.8, 4) is 0 Å². The van der Waals surface area contributed by atoms with Crippen molar-refractivity contribution in [3.63, 3.8) is 0 Å². The molecule has 0 saturated heterocycles. The topological polar surface area (TPSA) is 50.4 Å². The predicted molar refractivity (Wildman–Crippen MR) is 128 cm³/mol. The Hall–Kier alpha value is -1.82. The molecular weight excluding hydrogens is 439 g/mol. The summed E-state index contributed by atoms with van der Waals surface area (Å²) in [4.78, 5) is 12.1. The summed E-state index contributed by atoms with van der Waals surface area (Å²) >= 11 is 18.1. The van der Waals surface area contributed by atoms with E-state index >= 15 is 0 Å². The Balaban J connectivity index is 1.66. The molecule has 3 rings (SSSR count). The molecule has 0 amide bonds. The van der Waals surface area contributed by atoms with Gasteiger partial charge in [0.15, 0.2) is 5.11 Å². The molecule has 4 nitrogen and oxygen atoms in total. The third kappa shape index (κ3) is 5.87. The highest BCUT2D eigenvalue weighted by atomic mass is 35.5. The number of halogens is 2. The van der Waals surface area contributed by atoms with Crippen LogP contribution in [0.1, 0.15) is 54.9 Å². The molecule has 1 saturated carbocycles. The molecule has 30 heavy (non-hydrogen) atoms. The van der Waals surface area contributed by atoms with Gasteiger partial charge in [-0.25, -0.2) is 4.79 Å². The van der Waals surface area contributed by atoms with Crippen molar-refractivity contribution in [2.45, 2.75) is 51.0 Å². The fourth-order valence-corrected chi connectivity index (χ4v) is 4.70. The summed E-state index contributed by atoms with van der Waals surface area (Å²) in [6, 6.07) is 13.1. The Morgan fingerprint density at radius 2 is 1.87 bits per heavy atom. The van der Waals surface area contributed by atoms with Crippen LogP contribution in [0, 0.1) is 0 Å². The summed E-state index contributed by atoms with van der Waals surface area (Å²) < 4.78 is 5.07. The minimum atomic E-state index is -0.447. The predicted octanol–water partition coefficient (Wildman–Crippen LogP) is 6.40. The first-order chi connectivity index (χ1) is 14.4. The lowest BCUT2D eigenvalue weighted by Crippen LogP contribution is -2.48. The van der Waals surface area contributed by atoms with E-state index in [-0.39, 0.29) is 5.54 Å². The zero-order chi connectivity index (χ0) is 21.6. The van der Waals surface area contributed by atoms with E-state index in [9.17, 15) is 4.79 Å². The summed E-state index contributed by atoms with van der Waals surface area (Å²) in [6.07, 6.45) is 6.32. The molecule has 0 unspecified atom stereocenters. The standard InChI is InChI=1S/C23H26Cl2N2O2S/c1-2-29-21(28)18-15-17(9-10-20(18)25)26-22(30)27-23(12-5-6-13-23)14-11-16-7-3-4-8-19(16)24/h3-4,7-10,15H,2,5-6,11-14H2,1H3,(H2,26,27,30). The summed E-state index contributed by atoms with van der Waals surface area (Å²) in [7, 11) is 0. The molecule has 0 heterocycles. The van der Waals surface area contributed by atoms with Crippen molar-refractivity contribution in [1.82, 2.24) is 5.32 Å². The van der Waals surface area contributed by atoms with Gasteiger partial charge in [-0.05, 0) is 74.7 Å². The average molecular weight is 465 g/mol. The number of benzene rings is 2. The summed E-state index contributed by atoms with van der Waals surface area (Å²) in [5.74, 6) is -0.447. The van der Waals surface area contributed by atoms with Crippen LogP contribution in [0.2, 0.25) is 10.0 Å². The van der Waals surface area contributed by atoms with Gasteiger partial charge < -0.3 is 15.4 Å². The number of nitrogens with one attached hydrogen (secondary N) is 2. The van der Waals surface area contributed by atoms with Crippen LogP contribution in [0.4, 0.5) is 5.69 Å². The maximum absolute atomic E-state index is 12.1. The normalized spacial score (nSPS) is 14.9. The zero-order valence-corrected chi connectivity index (χ0v) is 19.3. The first-order valence-electron chi connectivity index (χ1n) is 10.2. The number of anilines is 1. The van der Waals surface area contributed by atoms with Gasteiger partial charge in [-0.2, -0.15) is 0 Å². The molecule has 0 bridgehead atoms. The first kappa shape index (κ1) is 22.9. The Morgan fingerprint density at radius 1 is 1.13 bits per heavy atom. The van der Waals surface area contributed by atoms with Gasteiger partial charge >= 0.3 is 5.97 Å². The highest BCUT2D eigenvalue weighted by molar-refractivity contribution is 7.80. The van der Waals surface area contributed by atoms with Crippen LogP contribution < -0.4 is 10.6 Å². The number of carbonyl (C=O) groups is 1. The van der Waals surface area contributed by atoms with Crippen LogP contribution in [-0.4, -0.2) is 23.2 Å². The second-order valence-corrected chi connectivity index (χ2v) is 8.80. The SMILES string of the molecule is CCOC(=O)c1cc(NC(=S)NC2(CCc3ccccc3Cl)CCCC2)ccc1Cl. The van der Waals surface area contributed by atoms with E-state index in [1.54, 1.807) is 25.1 Å². The summed E-state index contributed by atoms with van der Waals surface area (Å²) in [5.41, 5.74) is 2.11. The smallest absolute Gasteiger partial charge is 0.339 e. The highest BCUT2D eigenvalue weighted by Gasteiger charge is 2.34. The van der Waals surface area contributed by atoms with Crippen LogP contribution in [0.3, 0.4) is 0 Å². The van der Waals surface area contributed by atoms with Crippen molar-refractivity contribution in [1.29, 1.82) is 0 Å². The van der Waals surface area contributed by atoms with E-state index in [2.05, 4.69) is 16.7 Å². The lowest BCUT2D eigenvalue weighted by molar-refractivity contribution is 0.0526. The van der Waals surface area contributed by atoms with Crippen molar-refractivity contribution in [3.05, 3.63) is 63.6 Å². The first-order valence-corrected chi connectivity index (χ1v) is 11.4. The number of hydrogen-bond acceptors (Lipinski definition) is 3. The molecule has 2 aromatic rings. The van der Waals surface area contributed by atoms with E-state index in [1.165, 1.54) is 12.8 Å². The summed E-state index contributed by atoms with van der Waals surface area (Å²) in [5, 5.41) is 8.43. The zero-order valence-electron chi connectivity index (χ0n) is 17.0. The van der Waals surface area contributed by atoms with E-state index < -0.39 is 5.97 Å². The molecular formula is C23H26Cl2N2O2S. The van der Waals surface area contributed by atoms with E-state index in [0.29, 0.717) is 28.0 Å². The fraction of sp³-hybridized carbons (Fsp3) is 0.391. The van der Waals surface area contributed by atoms with Gasteiger partial charge in [-0.1, -0.05) is 54.2 Å². The Morgan fingerprint density at radius 3 is 2.57 bits per heavy atom. The van der Waals surface area contributed by atoms with Crippen LogP contribution in [-0.2, 0) is 11.2 Å². The molecule has 0 aliphatic heterocycles. The van der Waals surface area contributed by atoms with Gasteiger partial charge in [0.1, 0.15) is 0 Å². The highest BCUT2D eigenvalue weighted by Crippen LogP contribution is 2.34. The quantitative estimate of drug-likeness (QED) is 0.366. The fourth-order valence-electron chi connectivity index (χ4n) is 3.94. The minimum Gasteiger partial charge on any atom is -0.462 e. The van der Waals surface area contributed by atoms with Gasteiger partial charge in [0, 0.05) is 16.2 Å². The van der Waals surface area contributed by atoms with Crippen molar-refractivity contribution >= 4 is 52.2 Å². The van der Waals surface area contributed by atoms with Crippen molar-refractivity contribution < 1.29 is 9.53 Å². The molecule has 0 spiro atoms. The molecule has 160 valence electrons. The van der Waals surface area contributed by atoms with Crippen molar-refractivity contribution in [2.75, 3.05) is 11.9 Å². The molecule has 1 aliphatic rings. The molecule has 0 aromatic heterocycles. The Labute approximate surface area is 193 Å². The number of carbonyl (C=O) groups excluding carboxylic acids is 1. The monoisotopic (exact) mass is 464 g/mol. The Bertz CT molecular complexity index is 914. The number of hydrogen-bond donors (Lipinski definition) is 2. The van der Waals surface area contributed by atoms with Gasteiger partial charge in [-0.15, -0.1) is 0 Å². The molecule has 0 radical (unpaired) electrons. The maximum atomic E-state index is 12.1. The Kier molecular flexibility index (Phi) is 7.98. The largest absolute Gasteiger partial charge is 0.462 e. The third-order valence-electron chi connectivity index (χ3n) is 5.49. The second-order valence-electron chi connectivity index (χ2n) is 7.57. The maximum Gasteiger partial charge on any atom is 0.339 e. The molecule has 0 atom stereocenters. The van der Waals surface area contributed by atoms with Crippen LogP contribution in [0.5, 0.6) is 0 Å². The van der Waals surface area contributed by atoms with Crippen LogP contribution >= 0.6 is 35.4 Å². The van der Waals surface area contributed by atoms with Gasteiger partial charge in [0.2, 0.25) is 0 Å². The van der Waals surface area contributed by atoms with Gasteiger partial charge in [0.05, 0.1) is 17.2 Å². The molecule has 7 heteroatoms. The minimum absolute atomic E-state index is 0.0559. The number of esters is 1. The van der Waals surface area contributed by atoms with Gasteiger partial charge in [-0.3, -0.25) is 0 Å². The lowest BCUT2D eigenvalue weighted by Gasteiger charge is -2.32. The van der Waals surface area contributed by atoms with Crippen LogP contribution in [0.25, 0.3) is 0 Å². The molecule has 1 fully saturated rings. The summed E-state index contributed by atoms with van der Waals surface area (Å²) in [6.45, 7) is 2.05. The number of rotatable bonds is 7. The van der Waals surface area contributed by atoms with Gasteiger partial charge in [0.25, 0.3) is 0 Å². The molecule has 2 aromatic carbocycles. The number of ether oxygens (including phenoxy) is 1. The van der Waals surface area contributed by atoms with E-state index in [0.717, 1.165) is 36.3 Å². The molecule has 2 N–H and O–H groups in total. The van der Waals surface area contributed by atoms with E-state index in [4.69, 9.17) is 40.2 Å². The third-order valence-corrected chi connectivity index (χ3v) is 6.39. The van der Waals surface area contributed by atoms with Crippen LogP contribution in [0.15, 0.2) is 42.5 Å². The second kappa shape index (κ2) is 10.5. The average Bonchev–Trinajstić information content (AvgIpc) is 3.17.